The molecule has 4 heteroatoms. The molecule has 0 aliphatic carbocycles. The van der Waals surface area contributed by atoms with E-state index in [-0.39, 0.29) is 6.04 Å². The van der Waals surface area contributed by atoms with Crippen LogP contribution in [0, 0.1) is 0 Å². The highest BCUT2D eigenvalue weighted by Gasteiger charge is 2.10. The Kier molecular flexibility index (Phi) is 4.79. The van der Waals surface area contributed by atoms with E-state index in [4.69, 9.17) is 5.73 Å². The van der Waals surface area contributed by atoms with Gasteiger partial charge in [-0.25, -0.2) is 0 Å². The predicted molar refractivity (Wildman–Crippen MR) is 81.4 cm³/mol. The lowest BCUT2D eigenvalue weighted by molar-refractivity contribution is 0.649. The summed E-state index contributed by atoms with van der Waals surface area (Å²) in [6.07, 6.45) is 2.00. The van der Waals surface area contributed by atoms with Crippen LogP contribution in [0.2, 0.25) is 0 Å². The van der Waals surface area contributed by atoms with Gasteiger partial charge in [0.2, 0.25) is 0 Å². The first kappa shape index (κ1) is 13.3. The molecule has 0 bridgehead atoms. The zero-order valence-electron chi connectivity index (χ0n) is 9.20. The molecule has 2 aromatic rings. The number of rotatable bonds is 4. The topological polar surface area (TPSA) is 26.0 Å². The predicted octanol–water partition coefficient (Wildman–Crippen LogP) is 4.91. The van der Waals surface area contributed by atoms with Crippen LogP contribution in [0.3, 0.4) is 0 Å². The Bertz CT molecular complexity index is 482. The van der Waals surface area contributed by atoms with Crippen molar-refractivity contribution in [2.45, 2.75) is 18.9 Å². The summed E-state index contributed by atoms with van der Waals surface area (Å²) in [7, 11) is 0. The molecule has 1 atom stereocenters. The van der Waals surface area contributed by atoms with E-state index in [2.05, 4.69) is 54.8 Å². The SMILES string of the molecule is NC(CCc1ccsc1)c1ccc(Br)cc1Br. The second-order valence-corrected chi connectivity index (χ2v) is 6.49. The number of hydrogen-bond acceptors (Lipinski definition) is 2. The van der Waals surface area contributed by atoms with Gasteiger partial charge >= 0.3 is 0 Å². The summed E-state index contributed by atoms with van der Waals surface area (Å²) in [5, 5.41) is 4.29. The van der Waals surface area contributed by atoms with Gasteiger partial charge in [-0.2, -0.15) is 11.3 Å². The van der Waals surface area contributed by atoms with Crippen LogP contribution in [-0.2, 0) is 6.42 Å². The average molecular weight is 375 g/mol. The molecule has 0 saturated carbocycles. The van der Waals surface area contributed by atoms with Crippen molar-refractivity contribution in [3.63, 3.8) is 0 Å². The van der Waals surface area contributed by atoms with Crippen molar-refractivity contribution < 1.29 is 0 Å². The lowest BCUT2D eigenvalue weighted by Crippen LogP contribution is -2.11. The van der Waals surface area contributed by atoms with Gasteiger partial charge < -0.3 is 5.73 Å². The molecule has 0 aliphatic rings. The highest BCUT2D eigenvalue weighted by atomic mass is 79.9. The number of aryl methyl sites for hydroxylation is 1. The van der Waals surface area contributed by atoms with E-state index < -0.39 is 0 Å². The molecule has 90 valence electrons. The molecular formula is C13H13Br2NS. The van der Waals surface area contributed by atoms with Gasteiger partial charge in [0.05, 0.1) is 0 Å². The third-order valence-corrected chi connectivity index (χ3v) is 4.60. The van der Waals surface area contributed by atoms with Crippen LogP contribution < -0.4 is 5.73 Å². The molecule has 2 N–H and O–H groups in total. The van der Waals surface area contributed by atoms with Crippen molar-refractivity contribution in [1.82, 2.24) is 0 Å². The molecule has 0 fully saturated rings. The number of nitrogens with two attached hydrogens (primary N) is 1. The summed E-state index contributed by atoms with van der Waals surface area (Å²) in [6.45, 7) is 0. The second-order valence-electron chi connectivity index (χ2n) is 3.94. The number of benzene rings is 1. The first-order valence-electron chi connectivity index (χ1n) is 5.38. The molecule has 1 nitrogen and oxygen atoms in total. The zero-order chi connectivity index (χ0) is 12.3. The van der Waals surface area contributed by atoms with Crippen LogP contribution in [0.25, 0.3) is 0 Å². The molecule has 0 radical (unpaired) electrons. The summed E-state index contributed by atoms with van der Waals surface area (Å²) >= 11 is 8.74. The fourth-order valence-corrected chi connectivity index (χ4v) is 3.76. The Morgan fingerprint density at radius 1 is 1.24 bits per heavy atom. The van der Waals surface area contributed by atoms with Gasteiger partial charge in [0.1, 0.15) is 0 Å². The molecule has 0 saturated heterocycles. The molecule has 0 spiro atoms. The third-order valence-electron chi connectivity index (χ3n) is 2.69. The number of halogens is 2. The van der Waals surface area contributed by atoms with Crippen LogP contribution in [-0.4, -0.2) is 0 Å². The molecule has 1 aromatic heterocycles. The minimum absolute atomic E-state index is 0.0809. The Morgan fingerprint density at radius 2 is 2.06 bits per heavy atom. The van der Waals surface area contributed by atoms with E-state index in [0.29, 0.717) is 0 Å². The van der Waals surface area contributed by atoms with Crippen molar-refractivity contribution >= 4 is 43.2 Å². The summed E-state index contributed by atoms with van der Waals surface area (Å²) in [6, 6.07) is 8.39. The molecule has 1 unspecified atom stereocenters. The van der Waals surface area contributed by atoms with Crippen molar-refractivity contribution in [3.05, 3.63) is 55.1 Å². The summed E-state index contributed by atoms with van der Waals surface area (Å²) < 4.78 is 2.14. The summed E-state index contributed by atoms with van der Waals surface area (Å²) in [5.41, 5.74) is 8.76. The Hall–Kier alpha value is -0.160. The van der Waals surface area contributed by atoms with Crippen LogP contribution >= 0.6 is 43.2 Å². The first-order chi connectivity index (χ1) is 8.16. The number of hydrogen-bond donors (Lipinski definition) is 1. The zero-order valence-corrected chi connectivity index (χ0v) is 13.2. The van der Waals surface area contributed by atoms with E-state index in [1.807, 2.05) is 12.1 Å². The smallest absolute Gasteiger partial charge is 0.0309 e. The summed E-state index contributed by atoms with van der Waals surface area (Å²) in [5.74, 6) is 0. The van der Waals surface area contributed by atoms with Crippen molar-refractivity contribution in [2.75, 3.05) is 0 Å². The lowest BCUT2D eigenvalue weighted by atomic mass is 10.0. The molecule has 17 heavy (non-hydrogen) atoms. The Balaban J connectivity index is 2.01. The Morgan fingerprint density at radius 3 is 2.71 bits per heavy atom. The van der Waals surface area contributed by atoms with Crippen LogP contribution in [0.5, 0.6) is 0 Å². The Labute approximate surface area is 122 Å². The van der Waals surface area contributed by atoms with Gasteiger partial charge in [0, 0.05) is 15.0 Å². The highest BCUT2D eigenvalue weighted by Crippen LogP contribution is 2.28. The maximum absolute atomic E-state index is 6.22. The maximum atomic E-state index is 6.22. The largest absolute Gasteiger partial charge is 0.324 e. The average Bonchev–Trinajstić information content (AvgIpc) is 2.78. The van der Waals surface area contributed by atoms with Crippen molar-refractivity contribution in [1.29, 1.82) is 0 Å². The van der Waals surface area contributed by atoms with E-state index in [9.17, 15) is 0 Å². The van der Waals surface area contributed by atoms with E-state index in [1.165, 1.54) is 11.1 Å². The van der Waals surface area contributed by atoms with Gasteiger partial charge in [-0.15, -0.1) is 0 Å². The van der Waals surface area contributed by atoms with Crippen LogP contribution in [0.1, 0.15) is 23.6 Å². The molecule has 1 aromatic carbocycles. The highest BCUT2D eigenvalue weighted by molar-refractivity contribution is 9.11. The minimum Gasteiger partial charge on any atom is -0.324 e. The molecule has 2 rings (SSSR count). The van der Waals surface area contributed by atoms with Gasteiger partial charge in [0.25, 0.3) is 0 Å². The monoisotopic (exact) mass is 373 g/mol. The fraction of sp³-hybridized carbons (Fsp3) is 0.231. The molecular weight excluding hydrogens is 362 g/mol. The summed E-state index contributed by atoms with van der Waals surface area (Å²) in [4.78, 5) is 0. The lowest BCUT2D eigenvalue weighted by Gasteiger charge is -2.13. The van der Waals surface area contributed by atoms with Gasteiger partial charge in [-0.1, -0.05) is 37.9 Å². The second kappa shape index (κ2) is 6.14. The molecule has 0 amide bonds. The minimum atomic E-state index is 0.0809. The third kappa shape index (κ3) is 3.65. The van der Waals surface area contributed by atoms with Crippen LogP contribution in [0.15, 0.2) is 44.0 Å². The van der Waals surface area contributed by atoms with E-state index in [1.54, 1.807) is 11.3 Å². The molecule has 1 heterocycles. The first-order valence-corrected chi connectivity index (χ1v) is 7.91. The van der Waals surface area contributed by atoms with Gasteiger partial charge in [0.15, 0.2) is 0 Å². The van der Waals surface area contributed by atoms with E-state index >= 15 is 0 Å². The fourth-order valence-electron chi connectivity index (χ4n) is 1.71. The van der Waals surface area contributed by atoms with Crippen molar-refractivity contribution in [3.8, 4) is 0 Å². The molecule has 0 aliphatic heterocycles. The van der Waals surface area contributed by atoms with Crippen LogP contribution in [0.4, 0.5) is 0 Å². The van der Waals surface area contributed by atoms with E-state index in [0.717, 1.165) is 21.8 Å². The van der Waals surface area contributed by atoms with Gasteiger partial charge in [-0.3, -0.25) is 0 Å². The standard InChI is InChI=1S/C13H13Br2NS/c14-10-2-3-11(12(15)7-10)13(16)4-1-9-5-6-17-8-9/h2-3,5-8,13H,1,4,16H2. The van der Waals surface area contributed by atoms with Crippen molar-refractivity contribution in [2.24, 2.45) is 5.73 Å². The normalized spacial score (nSPS) is 12.6. The number of thiophene rings is 1. The maximum Gasteiger partial charge on any atom is 0.0309 e. The van der Waals surface area contributed by atoms with Gasteiger partial charge in [-0.05, 0) is 52.9 Å². The quantitative estimate of drug-likeness (QED) is 0.808.